The Morgan fingerprint density at radius 1 is 0.974 bits per heavy atom. The van der Waals surface area contributed by atoms with Crippen molar-refractivity contribution in [3.05, 3.63) is 71.3 Å². The minimum absolute atomic E-state index is 0.0995. The SMILES string of the molecule is CC(C)(CN1C[C@H](CN2CCC(CCC(F)(F)c3ccc(F)cc3)CC2)[C@@H](c2cccc(F)c2)C1)C(=O)O. The zero-order valence-electron chi connectivity index (χ0n) is 22.2. The van der Waals surface area contributed by atoms with Gasteiger partial charge in [-0.05, 0) is 87.9 Å². The summed E-state index contributed by atoms with van der Waals surface area (Å²) in [5.74, 6) is -4.07. The molecule has 4 nitrogen and oxygen atoms in total. The molecular weight excluding hydrogens is 496 g/mol. The molecule has 0 aliphatic carbocycles. The van der Waals surface area contributed by atoms with Crippen molar-refractivity contribution < 1.29 is 27.5 Å². The molecule has 8 heteroatoms. The van der Waals surface area contributed by atoms with Crippen molar-refractivity contribution in [2.75, 3.05) is 39.3 Å². The van der Waals surface area contributed by atoms with Crippen LogP contribution in [0, 0.1) is 28.9 Å². The molecular formula is C30H38F4N2O2. The van der Waals surface area contributed by atoms with Crippen molar-refractivity contribution in [1.29, 1.82) is 0 Å². The molecule has 2 heterocycles. The van der Waals surface area contributed by atoms with E-state index in [1.54, 1.807) is 26.0 Å². The number of rotatable bonds is 10. The van der Waals surface area contributed by atoms with Gasteiger partial charge in [-0.2, -0.15) is 0 Å². The van der Waals surface area contributed by atoms with Crippen LogP contribution < -0.4 is 0 Å². The van der Waals surface area contributed by atoms with Crippen LogP contribution in [0.1, 0.15) is 56.6 Å². The van der Waals surface area contributed by atoms with Gasteiger partial charge >= 0.3 is 5.97 Å². The van der Waals surface area contributed by atoms with Crippen molar-refractivity contribution in [3.63, 3.8) is 0 Å². The number of likely N-dealkylation sites (tertiary alicyclic amines) is 2. The van der Waals surface area contributed by atoms with Gasteiger partial charge in [-0.25, -0.2) is 17.6 Å². The van der Waals surface area contributed by atoms with E-state index in [1.165, 1.54) is 6.07 Å². The van der Waals surface area contributed by atoms with Crippen molar-refractivity contribution in [2.24, 2.45) is 17.3 Å². The predicted octanol–water partition coefficient (Wildman–Crippen LogP) is 6.38. The van der Waals surface area contributed by atoms with E-state index in [0.717, 1.165) is 68.8 Å². The average molecular weight is 535 g/mol. The third kappa shape index (κ3) is 7.14. The van der Waals surface area contributed by atoms with Gasteiger partial charge in [0.2, 0.25) is 0 Å². The topological polar surface area (TPSA) is 43.8 Å². The minimum Gasteiger partial charge on any atom is -0.481 e. The summed E-state index contributed by atoms with van der Waals surface area (Å²) in [6.07, 6.45) is 1.85. The molecule has 0 amide bonds. The molecule has 2 aromatic carbocycles. The van der Waals surface area contributed by atoms with Crippen molar-refractivity contribution in [2.45, 2.75) is 51.4 Å². The number of hydrogen-bond donors (Lipinski definition) is 1. The van der Waals surface area contributed by atoms with Crippen LogP contribution in [0.25, 0.3) is 0 Å². The lowest BCUT2D eigenvalue weighted by Crippen LogP contribution is -2.40. The van der Waals surface area contributed by atoms with Gasteiger partial charge in [0, 0.05) is 44.1 Å². The number of piperidine rings is 1. The molecule has 0 spiro atoms. The highest BCUT2D eigenvalue weighted by molar-refractivity contribution is 5.73. The van der Waals surface area contributed by atoms with E-state index in [9.17, 15) is 27.5 Å². The second-order valence-corrected chi connectivity index (χ2v) is 11.8. The molecule has 0 aromatic heterocycles. The molecule has 2 saturated heterocycles. The van der Waals surface area contributed by atoms with Gasteiger partial charge < -0.3 is 14.9 Å². The number of hydrogen-bond acceptors (Lipinski definition) is 3. The van der Waals surface area contributed by atoms with Gasteiger partial charge in [0.05, 0.1) is 5.41 Å². The summed E-state index contributed by atoms with van der Waals surface area (Å²) in [5.41, 5.74) is -0.0875. The first-order valence-corrected chi connectivity index (χ1v) is 13.5. The van der Waals surface area contributed by atoms with E-state index in [0.29, 0.717) is 19.5 Å². The van der Waals surface area contributed by atoms with Gasteiger partial charge in [0.1, 0.15) is 11.6 Å². The van der Waals surface area contributed by atoms with Crippen LogP contribution in [0.15, 0.2) is 48.5 Å². The van der Waals surface area contributed by atoms with E-state index in [1.807, 2.05) is 6.07 Å². The highest BCUT2D eigenvalue weighted by Gasteiger charge is 2.40. The summed E-state index contributed by atoms with van der Waals surface area (Å²) in [5, 5.41) is 9.60. The number of carbonyl (C=O) groups is 1. The number of carboxylic acid groups (broad SMARTS) is 1. The molecule has 2 fully saturated rings. The molecule has 38 heavy (non-hydrogen) atoms. The summed E-state index contributed by atoms with van der Waals surface area (Å²) in [4.78, 5) is 16.2. The normalized spacial score (nSPS) is 22.2. The highest BCUT2D eigenvalue weighted by atomic mass is 19.3. The monoisotopic (exact) mass is 534 g/mol. The Balaban J connectivity index is 1.33. The van der Waals surface area contributed by atoms with E-state index < -0.39 is 23.1 Å². The number of nitrogens with zero attached hydrogens (tertiary/aromatic N) is 2. The molecule has 2 aromatic rings. The van der Waals surface area contributed by atoms with Crippen molar-refractivity contribution >= 4 is 5.97 Å². The largest absolute Gasteiger partial charge is 0.481 e. The Kier molecular flexibility index (Phi) is 8.82. The second kappa shape index (κ2) is 11.7. The van der Waals surface area contributed by atoms with Gasteiger partial charge in [0.25, 0.3) is 5.92 Å². The summed E-state index contributed by atoms with van der Waals surface area (Å²) in [6, 6.07) is 11.2. The van der Waals surface area contributed by atoms with E-state index >= 15 is 0 Å². The molecule has 1 N–H and O–H groups in total. The molecule has 208 valence electrons. The van der Waals surface area contributed by atoms with Crippen LogP contribution >= 0.6 is 0 Å². The standard InChI is InChI=1S/C30H38F4N2O2/c1-29(2,28(37)38)20-36-18-23(27(19-36)22-4-3-5-26(32)16-22)17-35-14-11-21(12-15-35)10-13-30(33,34)24-6-8-25(31)9-7-24/h3-9,16,21,23,27H,10-15,17-20H2,1-2H3,(H,37,38)/t23-,27+/m0/s1. The van der Waals surface area contributed by atoms with Crippen LogP contribution in [-0.2, 0) is 10.7 Å². The minimum atomic E-state index is -2.97. The fraction of sp³-hybridized carbons (Fsp3) is 0.567. The molecule has 2 aliphatic heterocycles. The van der Waals surface area contributed by atoms with E-state index in [4.69, 9.17) is 0 Å². The quantitative estimate of drug-likeness (QED) is 0.360. The number of aliphatic carboxylic acids is 1. The number of benzene rings is 2. The van der Waals surface area contributed by atoms with E-state index in [2.05, 4.69) is 9.80 Å². The van der Waals surface area contributed by atoms with Crippen molar-refractivity contribution in [1.82, 2.24) is 9.80 Å². The molecule has 0 unspecified atom stereocenters. The smallest absolute Gasteiger partial charge is 0.310 e. The Morgan fingerprint density at radius 2 is 1.66 bits per heavy atom. The van der Waals surface area contributed by atoms with Crippen LogP contribution in [0.3, 0.4) is 0 Å². The Morgan fingerprint density at radius 3 is 2.29 bits per heavy atom. The molecule has 0 radical (unpaired) electrons. The Hall–Kier alpha value is -2.45. The first-order valence-electron chi connectivity index (χ1n) is 13.5. The van der Waals surface area contributed by atoms with Gasteiger partial charge in [-0.15, -0.1) is 0 Å². The van der Waals surface area contributed by atoms with Crippen LogP contribution in [0.2, 0.25) is 0 Å². The molecule has 2 aliphatic rings. The lowest BCUT2D eigenvalue weighted by Gasteiger charge is -2.35. The zero-order chi connectivity index (χ0) is 27.5. The van der Waals surface area contributed by atoms with Crippen molar-refractivity contribution in [3.8, 4) is 0 Å². The second-order valence-electron chi connectivity index (χ2n) is 11.8. The molecule has 2 atom stereocenters. The third-order valence-corrected chi connectivity index (χ3v) is 8.32. The lowest BCUT2D eigenvalue weighted by atomic mass is 9.86. The lowest BCUT2D eigenvalue weighted by molar-refractivity contribution is -0.147. The summed E-state index contributed by atoms with van der Waals surface area (Å²) < 4.78 is 56.4. The third-order valence-electron chi connectivity index (χ3n) is 8.32. The Bertz CT molecular complexity index is 1080. The highest BCUT2D eigenvalue weighted by Crippen LogP contribution is 2.38. The number of halogens is 4. The average Bonchev–Trinajstić information content (AvgIpc) is 3.25. The van der Waals surface area contributed by atoms with Gasteiger partial charge in [-0.3, -0.25) is 4.79 Å². The maximum atomic E-state index is 14.6. The Labute approximate surface area is 222 Å². The van der Waals surface area contributed by atoms with E-state index in [-0.39, 0.29) is 35.6 Å². The fourth-order valence-corrected chi connectivity index (χ4v) is 6.03. The fourth-order valence-electron chi connectivity index (χ4n) is 6.03. The number of carboxylic acids is 1. The maximum absolute atomic E-state index is 14.6. The van der Waals surface area contributed by atoms with Gasteiger partial charge in [-0.1, -0.05) is 24.3 Å². The summed E-state index contributed by atoms with van der Waals surface area (Å²) in [6.45, 7) is 7.74. The number of alkyl halides is 2. The molecule has 0 bridgehead atoms. The first kappa shape index (κ1) is 28.6. The predicted molar refractivity (Wildman–Crippen MR) is 139 cm³/mol. The zero-order valence-corrected chi connectivity index (χ0v) is 22.2. The first-order chi connectivity index (χ1) is 17.9. The maximum Gasteiger partial charge on any atom is 0.310 e. The molecule has 4 rings (SSSR count). The van der Waals surface area contributed by atoms with Gasteiger partial charge in [0.15, 0.2) is 0 Å². The summed E-state index contributed by atoms with van der Waals surface area (Å²) in [7, 11) is 0. The summed E-state index contributed by atoms with van der Waals surface area (Å²) >= 11 is 0. The van der Waals surface area contributed by atoms with Crippen LogP contribution in [0.5, 0.6) is 0 Å². The van der Waals surface area contributed by atoms with Crippen LogP contribution in [-0.4, -0.2) is 60.1 Å². The van der Waals surface area contributed by atoms with Crippen LogP contribution in [0.4, 0.5) is 17.6 Å². The molecule has 0 saturated carbocycles.